The van der Waals surface area contributed by atoms with Gasteiger partial charge in [-0.15, -0.1) is 0 Å². The monoisotopic (exact) mass is 394 g/mol. The van der Waals surface area contributed by atoms with E-state index in [1.165, 1.54) is 11.1 Å². The summed E-state index contributed by atoms with van der Waals surface area (Å²) in [6, 6.07) is 16.8. The molecule has 1 fully saturated rings. The molecule has 2 aromatic carbocycles. The van der Waals surface area contributed by atoms with Gasteiger partial charge in [0.05, 0.1) is 13.0 Å². The van der Waals surface area contributed by atoms with Crippen molar-refractivity contribution in [2.24, 2.45) is 0 Å². The highest BCUT2D eigenvalue weighted by Gasteiger charge is 2.27. The number of nitrogens with zero attached hydrogens (tertiary/aromatic N) is 2. The molecule has 4 heteroatoms. The van der Waals surface area contributed by atoms with Gasteiger partial charge in [-0.25, -0.2) is 0 Å². The molecule has 1 aliphatic rings. The highest BCUT2D eigenvalue weighted by Crippen LogP contribution is 2.21. The third kappa shape index (κ3) is 6.33. The van der Waals surface area contributed by atoms with Crippen LogP contribution in [0.4, 0.5) is 0 Å². The largest absolute Gasteiger partial charge is 0.494 e. The quantitative estimate of drug-likeness (QED) is 0.663. The van der Waals surface area contributed by atoms with Crippen molar-refractivity contribution in [3.63, 3.8) is 0 Å². The number of aryl methyl sites for hydroxylation is 1. The van der Waals surface area contributed by atoms with Crippen molar-refractivity contribution in [3.05, 3.63) is 65.2 Å². The van der Waals surface area contributed by atoms with Crippen LogP contribution in [0.1, 0.15) is 42.9 Å². The highest BCUT2D eigenvalue weighted by atomic mass is 16.5. The molecule has 2 aromatic rings. The molecule has 0 spiro atoms. The average Bonchev–Trinajstić information content (AvgIpc) is 2.73. The van der Waals surface area contributed by atoms with Crippen molar-refractivity contribution in [2.45, 2.75) is 52.1 Å². The molecule has 0 N–H and O–H groups in total. The molecular formula is C25H34N2O2. The topological polar surface area (TPSA) is 32.8 Å². The maximum atomic E-state index is 13.3. The molecule has 0 unspecified atom stereocenters. The van der Waals surface area contributed by atoms with Crippen molar-refractivity contribution in [3.8, 4) is 5.75 Å². The van der Waals surface area contributed by atoms with Crippen LogP contribution in [0.5, 0.6) is 5.75 Å². The van der Waals surface area contributed by atoms with E-state index >= 15 is 0 Å². The summed E-state index contributed by atoms with van der Waals surface area (Å²) in [7, 11) is 2.16. The van der Waals surface area contributed by atoms with E-state index in [1.807, 2.05) is 24.3 Å². The first-order chi connectivity index (χ1) is 14.0. The van der Waals surface area contributed by atoms with E-state index in [1.54, 1.807) is 0 Å². The Hall–Kier alpha value is -2.33. The van der Waals surface area contributed by atoms with Crippen LogP contribution in [-0.4, -0.2) is 48.5 Å². The summed E-state index contributed by atoms with van der Waals surface area (Å²) in [4.78, 5) is 17.8. The number of amides is 1. The fourth-order valence-electron chi connectivity index (χ4n) is 3.82. The van der Waals surface area contributed by atoms with E-state index in [-0.39, 0.29) is 5.91 Å². The van der Waals surface area contributed by atoms with Gasteiger partial charge in [0, 0.05) is 12.6 Å². The Labute approximate surface area is 175 Å². The summed E-state index contributed by atoms with van der Waals surface area (Å²) in [5.74, 6) is 1.08. The van der Waals surface area contributed by atoms with Gasteiger partial charge in [-0.1, -0.05) is 48.9 Å². The smallest absolute Gasteiger partial charge is 0.227 e. The number of carbonyl (C=O) groups excluding carboxylic acids is 1. The van der Waals surface area contributed by atoms with Gasteiger partial charge >= 0.3 is 0 Å². The third-order valence-corrected chi connectivity index (χ3v) is 5.67. The SMILES string of the molecule is CCCOc1ccc(CC(=O)N(Cc2ccc(C)cc2)C2CCN(C)CC2)cc1. The molecule has 1 heterocycles. The van der Waals surface area contributed by atoms with Gasteiger partial charge in [-0.3, -0.25) is 4.79 Å². The number of carbonyl (C=O) groups is 1. The second-order valence-electron chi connectivity index (χ2n) is 8.21. The van der Waals surface area contributed by atoms with Crippen LogP contribution in [0.2, 0.25) is 0 Å². The van der Waals surface area contributed by atoms with E-state index in [2.05, 4.69) is 55.0 Å². The minimum atomic E-state index is 0.211. The summed E-state index contributed by atoms with van der Waals surface area (Å²) >= 11 is 0. The summed E-state index contributed by atoms with van der Waals surface area (Å²) in [6.45, 7) is 7.69. The maximum absolute atomic E-state index is 13.3. The van der Waals surface area contributed by atoms with Gasteiger partial charge in [0.15, 0.2) is 0 Å². The van der Waals surface area contributed by atoms with Crippen LogP contribution in [0.15, 0.2) is 48.5 Å². The number of hydrogen-bond acceptors (Lipinski definition) is 3. The van der Waals surface area contributed by atoms with Crippen LogP contribution in [0, 0.1) is 6.92 Å². The zero-order valence-corrected chi connectivity index (χ0v) is 18.1. The standard InChI is InChI=1S/C25H34N2O2/c1-4-17-29-24-11-9-21(10-12-24)18-25(28)27(23-13-15-26(3)16-14-23)19-22-7-5-20(2)6-8-22/h5-12,23H,4,13-19H2,1-3H3. The average molecular weight is 395 g/mol. The van der Waals surface area contributed by atoms with Crippen molar-refractivity contribution >= 4 is 5.91 Å². The molecule has 1 aliphatic heterocycles. The molecule has 1 amide bonds. The molecule has 1 saturated heterocycles. The number of piperidine rings is 1. The summed E-state index contributed by atoms with van der Waals surface area (Å²) < 4.78 is 5.66. The lowest BCUT2D eigenvalue weighted by Gasteiger charge is -2.37. The van der Waals surface area contributed by atoms with Gasteiger partial charge in [-0.2, -0.15) is 0 Å². The lowest BCUT2D eigenvalue weighted by molar-refractivity contribution is -0.134. The Morgan fingerprint density at radius 1 is 1.03 bits per heavy atom. The first-order valence-electron chi connectivity index (χ1n) is 10.8. The Bertz CT molecular complexity index is 762. The van der Waals surface area contributed by atoms with E-state index in [4.69, 9.17) is 4.74 Å². The Morgan fingerprint density at radius 3 is 2.28 bits per heavy atom. The predicted octanol–water partition coefficient (Wildman–Crippen LogP) is 4.45. The Kier molecular flexibility index (Phi) is 7.70. The van der Waals surface area contributed by atoms with E-state index in [0.717, 1.165) is 50.3 Å². The second-order valence-corrected chi connectivity index (χ2v) is 8.21. The van der Waals surface area contributed by atoms with Crippen molar-refractivity contribution in [1.82, 2.24) is 9.80 Å². The van der Waals surface area contributed by atoms with Gasteiger partial charge in [0.25, 0.3) is 0 Å². The summed E-state index contributed by atoms with van der Waals surface area (Å²) in [6.07, 6.45) is 3.51. The molecule has 0 saturated carbocycles. The molecule has 156 valence electrons. The van der Waals surface area contributed by atoms with Gasteiger partial charge in [0.2, 0.25) is 5.91 Å². The minimum absolute atomic E-state index is 0.211. The van der Waals surface area contributed by atoms with Crippen molar-refractivity contribution in [2.75, 3.05) is 26.7 Å². The molecule has 0 radical (unpaired) electrons. The predicted molar refractivity (Wildman–Crippen MR) is 118 cm³/mol. The number of likely N-dealkylation sites (tertiary alicyclic amines) is 1. The van der Waals surface area contributed by atoms with Crippen molar-refractivity contribution < 1.29 is 9.53 Å². The molecule has 3 rings (SSSR count). The first kappa shape index (κ1) is 21.4. The van der Waals surface area contributed by atoms with Gasteiger partial charge in [-0.05, 0) is 69.6 Å². The lowest BCUT2D eigenvalue weighted by Crippen LogP contribution is -2.46. The van der Waals surface area contributed by atoms with Crippen molar-refractivity contribution in [1.29, 1.82) is 0 Å². The molecule has 0 atom stereocenters. The lowest BCUT2D eigenvalue weighted by atomic mass is 10.0. The van der Waals surface area contributed by atoms with Crippen LogP contribution in [0.25, 0.3) is 0 Å². The summed E-state index contributed by atoms with van der Waals surface area (Å²) in [5, 5.41) is 0. The molecule has 29 heavy (non-hydrogen) atoms. The number of ether oxygens (including phenoxy) is 1. The van der Waals surface area contributed by atoms with Crippen LogP contribution in [-0.2, 0) is 17.8 Å². The number of hydrogen-bond donors (Lipinski definition) is 0. The molecular weight excluding hydrogens is 360 g/mol. The van der Waals surface area contributed by atoms with E-state index < -0.39 is 0 Å². The minimum Gasteiger partial charge on any atom is -0.494 e. The Balaban J connectivity index is 1.70. The molecule has 0 aromatic heterocycles. The van der Waals surface area contributed by atoms with E-state index in [0.29, 0.717) is 19.0 Å². The number of rotatable bonds is 8. The zero-order valence-electron chi connectivity index (χ0n) is 18.1. The number of benzene rings is 2. The molecule has 4 nitrogen and oxygen atoms in total. The fraction of sp³-hybridized carbons (Fsp3) is 0.480. The summed E-state index contributed by atoms with van der Waals surface area (Å²) in [5.41, 5.74) is 3.49. The second kappa shape index (κ2) is 10.4. The first-order valence-corrected chi connectivity index (χ1v) is 10.8. The maximum Gasteiger partial charge on any atom is 0.227 e. The van der Waals surface area contributed by atoms with Gasteiger partial charge < -0.3 is 14.5 Å². The van der Waals surface area contributed by atoms with E-state index in [9.17, 15) is 4.79 Å². The third-order valence-electron chi connectivity index (χ3n) is 5.67. The molecule has 0 aliphatic carbocycles. The van der Waals surface area contributed by atoms with Crippen LogP contribution in [0.3, 0.4) is 0 Å². The normalized spacial score (nSPS) is 15.3. The van der Waals surface area contributed by atoms with Crippen LogP contribution >= 0.6 is 0 Å². The van der Waals surface area contributed by atoms with Crippen LogP contribution < -0.4 is 4.74 Å². The molecule has 0 bridgehead atoms. The fourth-order valence-corrected chi connectivity index (χ4v) is 3.82. The Morgan fingerprint density at radius 2 is 1.66 bits per heavy atom. The highest BCUT2D eigenvalue weighted by molar-refractivity contribution is 5.79. The zero-order chi connectivity index (χ0) is 20.6. The van der Waals surface area contributed by atoms with Gasteiger partial charge in [0.1, 0.15) is 5.75 Å².